The van der Waals surface area contributed by atoms with Crippen LogP contribution >= 0.6 is 11.3 Å². The fraction of sp³-hybridized carbons (Fsp3) is 0.308. The van der Waals surface area contributed by atoms with Gasteiger partial charge < -0.3 is 10.2 Å². The van der Waals surface area contributed by atoms with E-state index in [-0.39, 0.29) is 6.03 Å². The van der Waals surface area contributed by atoms with Crippen LogP contribution in [0.2, 0.25) is 0 Å². The number of rotatable bonds is 3. The van der Waals surface area contributed by atoms with Crippen molar-refractivity contribution in [2.45, 2.75) is 12.8 Å². The zero-order chi connectivity index (χ0) is 13.8. The molecule has 0 bridgehead atoms. The second kappa shape index (κ2) is 5.87. The van der Waals surface area contributed by atoms with Crippen molar-refractivity contribution in [3.05, 3.63) is 29.9 Å². The molecule has 2 aromatic heterocycles. The van der Waals surface area contributed by atoms with Gasteiger partial charge in [0.2, 0.25) is 5.95 Å². The molecule has 0 spiro atoms. The quantitative estimate of drug-likeness (QED) is 0.911. The molecule has 0 atom stereocenters. The zero-order valence-corrected chi connectivity index (χ0v) is 11.7. The minimum absolute atomic E-state index is 0.287. The zero-order valence-electron chi connectivity index (χ0n) is 10.9. The molecule has 0 aromatic carbocycles. The predicted molar refractivity (Wildman–Crippen MR) is 80.4 cm³/mol. The van der Waals surface area contributed by atoms with Crippen molar-refractivity contribution < 1.29 is 4.79 Å². The average Bonchev–Trinajstić information content (AvgIpc) is 3.12. The topological polar surface area (TPSA) is 70.2 Å². The summed E-state index contributed by atoms with van der Waals surface area (Å²) >= 11 is 1.47. The lowest BCUT2D eigenvalue weighted by Crippen LogP contribution is -2.21. The number of hydrogen-bond acceptors (Lipinski definition) is 5. The van der Waals surface area contributed by atoms with Crippen molar-refractivity contribution in [1.82, 2.24) is 9.97 Å². The standard InChI is InChI=1S/C13H15N5OS/c19-13(17-11-4-3-7-20-11)16-10-8-14-12(15-9-10)18-5-1-2-6-18/h3-4,7-9H,1-2,5-6H2,(H2,16,17,19). The Morgan fingerprint density at radius 1 is 1.20 bits per heavy atom. The molecule has 2 aromatic rings. The monoisotopic (exact) mass is 289 g/mol. The van der Waals surface area contributed by atoms with Gasteiger partial charge in [-0.25, -0.2) is 14.8 Å². The maximum atomic E-state index is 11.7. The third kappa shape index (κ3) is 3.05. The Kier molecular flexibility index (Phi) is 3.78. The lowest BCUT2D eigenvalue weighted by atomic mass is 10.4. The molecule has 104 valence electrons. The Morgan fingerprint density at radius 2 is 1.95 bits per heavy atom. The number of anilines is 3. The Labute approximate surface area is 120 Å². The average molecular weight is 289 g/mol. The van der Waals surface area contributed by atoms with Gasteiger partial charge in [0.15, 0.2) is 0 Å². The van der Waals surface area contributed by atoms with Gasteiger partial charge in [0.05, 0.1) is 23.1 Å². The highest BCUT2D eigenvalue weighted by atomic mass is 32.1. The van der Waals surface area contributed by atoms with Crippen LogP contribution < -0.4 is 15.5 Å². The van der Waals surface area contributed by atoms with Crippen LogP contribution in [-0.4, -0.2) is 29.1 Å². The number of aromatic nitrogens is 2. The van der Waals surface area contributed by atoms with Gasteiger partial charge in [-0.15, -0.1) is 11.3 Å². The molecular formula is C13H15N5OS. The van der Waals surface area contributed by atoms with E-state index in [9.17, 15) is 4.79 Å². The van der Waals surface area contributed by atoms with Crippen LogP contribution in [0.4, 0.5) is 21.4 Å². The van der Waals surface area contributed by atoms with E-state index in [1.165, 1.54) is 24.2 Å². The summed E-state index contributed by atoms with van der Waals surface area (Å²) < 4.78 is 0. The largest absolute Gasteiger partial charge is 0.341 e. The first-order chi connectivity index (χ1) is 9.81. The molecule has 0 saturated carbocycles. The Bertz CT molecular complexity index is 563. The molecule has 0 unspecified atom stereocenters. The molecule has 1 fully saturated rings. The van der Waals surface area contributed by atoms with Gasteiger partial charge in [0.25, 0.3) is 0 Å². The lowest BCUT2D eigenvalue weighted by Gasteiger charge is -2.14. The number of nitrogens with one attached hydrogen (secondary N) is 2. The highest BCUT2D eigenvalue weighted by molar-refractivity contribution is 7.14. The van der Waals surface area contributed by atoms with E-state index in [1.807, 2.05) is 17.5 Å². The summed E-state index contributed by atoms with van der Waals surface area (Å²) in [4.78, 5) is 22.5. The van der Waals surface area contributed by atoms with E-state index in [4.69, 9.17) is 0 Å². The van der Waals surface area contributed by atoms with Crippen LogP contribution in [0.25, 0.3) is 0 Å². The van der Waals surface area contributed by atoms with Crippen molar-refractivity contribution >= 4 is 34.0 Å². The maximum Gasteiger partial charge on any atom is 0.324 e. The number of carbonyl (C=O) groups excluding carboxylic acids is 1. The van der Waals surface area contributed by atoms with Crippen LogP contribution in [0.15, 0.2) is 29.9 Å². The molecule has 2 amide bonds. The van der Waals surface area contributed by atoms with Crippen molar-refractivity contribution in [2.75, 3.05) is 28.6 Å². The smallest absolute Gasteiger partial charge is 0.324 e. The van der Waals surface area contributed by atoms with E-state index in [1.54, 1.807) is 12.4 Å². The summed E-state index contributed by atoms with van der Waals surface area (Å²) in [6, 6.07) is 3.44. The maximum absolute atomic E-state index is 11.7. The van der Waals surface area contributed by atoms with Crippen molar-refractivity contribution in [1.29, 1.82) is 0 Å². The van der Waals surface area contributed by atoms with Gasteiger partial charge >= 0.3 is 6.03 Å². The summed E-state index contributed by atoms with van der Waals surface area (Å²) in [6.07, 6.45) is 5.64. The Balaban J connectivity index is 1.58. The summed E-state index contributed by atoms with van der Waals surface area (Å²) in [5.41, 5.74) is 0.585. The van der Waals surface area contributed by atoms with E-state index < -0.39 is 0 Å². The van der Waals surface area contributed by atoms with E-state index in [0.29, 0.717) is 5.69 Å². The van der Waals surface area contributed by atoms with Crippen LogP contribution in [0.5, 0.6) is 0 Å². The van der Waals surface area contributed by atoms with Gasteiger partial charge in [-0.3, -0.25) is 5.32 Å². The Hall–Kier alpha value is -2.15. The highest BCUT2D eigenvalue weighted by Gasteiger charge is 2.14. The molecule has 20 heavy (non-hydrogen) atoms. The van der Waals surface area contributed by atoms with Gasteiger partial charge in [0, 0.05) is 13.1 Å². The fourth-order valence-electron chi connectivity index (χ4n) is 2.09. The molecule has 7 heteroatoms. The van der Waals surface area contributed by atoms with E-state index in [0.717, 1.165) is 24.0 Å². The summed E-state index contributed by atoms with van der Waals surface area (Å²) in [5, 5.41) is 8.16. The first-order valence-corrected chi connectivity index (χ1v) is 7.38. The highest BCUT2D eigenvalue weighted by Crippen LogP contribution is 2.17. The number of thiophene rings is 1. The normalized spacial score (nSPS) is 14.3. The van der Waals surface area contributed by atoms with Gasteiger partial charge in [-0.2, -0.15) is 0 Å². The molecule has 6 nitrogen and oxygen atoms in total. The van der Waals surface area contributed by atoms with Gasteiger partial charge in [-0.05, 0) is 30.4 Å². The molecule has 3 rings (SSSR count). The molecule has 1 saturated heterocycles. The summed E-state index contributed by atoms with van der Waals surface area (Å²) in [6.45, 7) is 2.01. The third-order valence-electron chi connectivity index (χ3n) is 3.04. The van der Waals surface area contributed by atoms with Crippen molar-refractivity contribution in [2.24, 2.45) is 0 Å². The second-order valence-corrected chi connectivity index (χ2v) is 5.47. The fourth-order valence-corrected chi connectivity index (χ4v) is 2.70. The number of carbonyl (C=O) groups is 1. The van der Waals surface area contributed by atoms with Crippen molar-refractivity contribution in [3.63, 3.8) is 0 Å². The van der Waals surface area contributed by atoms with Crippen LogP contribution in [0.3, 0.4) is 0 Å². The molecular weight excluding hydrogens is 274 g/mol. The van der Waals surface area contributed by atoms with Crippen LogP contribution in [0, 0.1) is 0 Å². The lowest BCUT2D eigenvalue weighted by molar-refractivity contribution is 0.262. The number of amides is 2. The number of urea groups is 1. The Morgan fingerprint density at radius 3 is 2.60 bits per heavy atom. The van der Waals surface area contributed by atoms with Gasteiger partial charge in [0.1, 0.15) is 0 Å². The molecule has 0 aliphatic carbocycles. The molecule has 2 N–H and O–H groups in total. The molecule has 0 radical (unpaired) electrons. The van der Waals surface area contributed by atoms with Gasteiger partial charge in [-0.1, -0.05) is 0 Å². The summed E-state index contributed by atoms with van der Waals surface area (Å²) in [7, 11) is 0. The van der Waals surface area contributed by atoms with Crippen LogP contribution in [-0.2, 0) is 0 Å². The minimum Gasteiger partial charge on any atom is -0.341 e. The first kappa shape index (κ1) is 12.9. The summed E-state index contributed by atoms with van der Waals surface area (Å²) in [5.74, 6) is 0.728. The van der Waals surface area contributed by atoms with Crippen molar-refractivity contribution in [3.8, 4) is 0 Å². The third-order valence-corrected chi connectivity index (χ3v) is 3.83. The number of hydrogen-bond donors (Lipinski definition) is 2. The molecule has 1 aliphatic rings. The number of nitrogens with zero attached hydrogens (tertiary/aromatic N) is 3. The SMILES string of the molecule is O=C(Nc1cnc(N2CCCC2)nc1)Nc1cccs1. The van der Waals surface area contributed by atoms with E-state index >= 15 is 0 Å². The van der Waals surface area contributed by atoms with Crippen LogP contribution in [0.1, 0.15) is 12.8 Å². The minimum atomic E-state index is -0.287. The molecule has 3 heterocycles. The van der Waals surface area contributed by atoms with E-state index in [2.05, 4.69) is 25.5 Å². The second-order valence-electron chi connectivity index (χ2n) is 4.52. The first-order valence-electron chi connectivity index (χ1n) is 6.50. The predicted octanol–water partition coefficient (Wildman–Crippen LogP) is 2.78. The molecule has 1 aliphatic heterocycles.